The van der Waals surface area contributed by atoms with Crippen LogP contribution in [0.4, 0.5) is 4.39 Å². The molecule has 1 nitrogen and oxygen atoms in total. The minimum atomic E-state index is -0.165. The average molecular weight is 255 g/mol. The Balaban J connectivity index is 1.76. The first-order valence-electron chi connectivity index (χ1n) is 6.86. The molecule has 0 bridgehead atoms. The molecule has 98 valence electrons. The zero-order valence-electron chi connectivity index (χ0n) is 10.9. The van der Waals surface area contributed by atoms with E-state index in [0.29, 0.717) is 12.0 Å². The molecule has 1 saturated heterocycles. The lowest BCUT2D eigenvalue weighted by Gasteiger charge is -2.20. The molecule has 0 saturated carbocycles. The summed E-state index contributed by atoms with van der Waals surface area (Å²) >= 11 is 0. The van der Waals surface area contributed by atoms with Gasteiger partial charge in [0.2, 0.25) is 0 Å². The van der Waals surface area contributed by atoms with Crippen molar-refractivity contribution in [3.05, 3.63) is 71.5 Å². The van der Waals surface area contributed by atoms with Crippen LogP contribution in [0.2, 0.25) is 0 Å². The summed E-state index contributed by atoms with van der Waals surface area (Å²) in [6.45, 7) is 1.04. The van der Waals surface area contributed by atoms with Gasteiger partial charge in [0, 0.05) is 6.04 Å². The molecule has 0 amide bonds. The van der Waals surface area contributed by atoms with Gasteiger partial charge in [-0.1, -0.05) is 42.5 Å². The second-order valence-corrected chi connectivity index (χ2v) is 5.22. The lowest BCUT2D eigenvalue weighted by molar-refractivity contribution is 0.459. The topological polar surface area (TPSA) is 12.0 Å². The second-order valence-electron chi connectivity index (χ2n) is 5.22. The first kappa shape index (κ1) is 12.4. The fourth-order valence-corrected chi connectivity index (χ4v) is 2.95. The lowest BCUT2D eigenvalue weighted by atomic mass is 9.89. The minimum absolute atomic E-state index is 0.165. The third kappa shape index (κ3) is 2.85. The van der Waals surface area contributed by atoms with Gasteiger partial charge < -0.3 is 5.32 Å². The number of hydrogen-bond donors (Lipinski definition) is 1. The highest BCUT2D eigenvalue weighted by molar-refractivity contribution is 5.23. The molecule has 2 aromatic rings. The van der Waals surface area contributed by atoms with E-state index < -0.39 is 0 Å². The van der Waals surface area contributed by atoms with Crippen LogP contribution in [0.25, 0.3) is 0 Å². The molecule has 2 aromatic carbocycles. The van der Waals surface area contributed by atoms with Gasteiger partial charge >= 0.3 is 0 Å². The number of benzene rings is 2. The standard InChI is InChI=1S/C17H18FN/c18-16-8-6-14(7-9-16)17-15(10-11-19-17)12-13-4-2-1-3-5-13/h1-9,15,17,19H,10-12H2. The van der Waals surface area contributed by atoms with Crippen LogP contribution >= 0.6 is 0 Å². The Morgan fingerprint density at radius 2 is 1.74 bits per heavy atom. The fraction of sp³-hybridized carbons (Fsp3) is 0.294. The molecule has 2 unspecified atom stereocenters. The number of hydrogen-bond acceptors (Lipinski definition) is 1. The van der Waals surface area contributed by atoms with Crippen molar-refractivity contribution in [1.29, 1.82) is 0 Å². The van der Waals surface area contributed by atoms with E-state index >= 15 is 0 Å². The quantitative estimate of drug-likeness (QED) is 0.881. The molecule has 0 aromatic heterocycles. The van der Waals surface area contributed by atoms with Crippen molar-refractivity contribution in [3.8, 4) is 0 Å². The van der Waals surface area contributed by atoms with Crippen molar-refractivity contribution in [2.24, 2.45) is 5.92 Å². The molecule has 1 heterocycles. The predicted octanol–water partition coefficient (Wildman–Crippen LogP) is 3.72. The van der Waals surface area contributed by atoms with Crippen molar-refractivity contribution < 1.29 is 4.39 Å². The van der Waals surface area contributed by atoms with Gasteiger partial charge in [0.15, 0.2) is 0 Å². The van der Waals surface area contributed by atoms with Crippen LogP contribution in [-0.4, -0.2) is 6.54 Å². The van der Waals surface area contributed by atoms with E-state index in [4.69, 9.17) is 0 Å². The van der Waals surface area contributed by atoms with Crippen LogP contribution in [0.3, 0.4) is 0 Å². The van der Waals surface area contributed by atoms with Crippen LogP contribution in [0.5, 0.6) is 0 Å². The molecule has 1 fully saturated rings. The molecule has 0 radical (unpaired) electrons. The van der Waals surface area contributed by atoms with Gasteiger partial charge in [-0.2, -0.15) is 0 Å². The molecule has 2 atom stereocenters. The number of rotatable bonds is 3. The smallest absolute Gasteiger partial charge is 0.123 e. The van der Waals surface area contributed by atoms with Gasteiger partial charge in [0.05, 0.1) is 0 Å². The van der Waals surface area contributed by atoms with Gasteiger partial charge in [0.25, 0.3) is 0 Å². The van der Waals surface area contributed by atoms with Crippen molar-refractivity contribution in [2.75, 3.05) is 6.54 Å². The van der Waals surface area contributed by atoms with Gasteiger partial charge in [-0.05, 0) is 48.6 Å². The van der Waals surface area contributed by atoms with Gasteiger partial charge in [0.1, 0.15) is 5.82 Å². The first-order valence-corrected chi connectivity index (χ1v) is 6.86. The van der Waals surface area contributed by atoms with Crippen molar-refractivity contribution in [1.82, 2.24) is 5.32 Å². The number of halogens is 1. The van der Waals surface area contributed by atoms with Crippen LogP contribution in [0.15, 0.2) is 54.6 Å². The summed E-state index contributed by atoms with van der Waals surface area (Å²) in [5.41, 5.74) is 2.57. The maximum atomic E-state index is 13.0. The Morgan fingerprint density at radius 3 is 2.47 bits per heavy atom. The van der Waals surface area contributed by atoms with Gasteiger partial charge in [-0.25, -0.2) is 4.39 Å². The van der Waals surface area contributed by atoms with E-state index in [2.05, 4.69) is 29.6 Å². The molecule has 0 spiro atoms. The Labute approximate surface area is 113 Å². The van der Waals surface area contributed by atoms with Gasteiger partial charge in [-0.15, -0.1) is 0 Å². The molecular weight excluding hydrogens is 237 g/mol. The van der Waals surface area contributed by atoms with E-state index in [1.54, 1.807) is 12.1 Å². The molecule has 2 heteroatoms. The second kappa shape index (κ2) is 5.54. The molecule has 19 heavy (non-hydrogen) atoms. The Bertz CT molecular complexity index is 521. The van der Waals surface area contributed by atoms with Crippen molar-refractivity contribution in [2.45, 2.75) is 18.9 Å². The summed E-state index contributed by atoms with van der Waals surface area (Å²) in [6.07, 6.45) is 2.26. The lowest BCUT2D eigenvalue weighted by Crippen LogP contribution is -2.19. The van der Waals surface area contributed by atoms with Crippen molar-refractivity contribution in [3.63, 3.8) is 0 Å². The van der Waals surface area contributed by atoms with E-state index in [0.717, 1.165) is 13.0 Å². The normalized spacial score (nSPS) is 22.6. The summed E-state index contributed by atoms with van der Waals surface area (Å²) in [5.74, 6) is 0.425. The highest BCUT2D eigenvalue weighted by Gasteiger charge is 2.27. The van der Waals surface area contributed by atoms with Crippen LogP contribution in [0, 0.1) is 11.7 Å². The first-order chi connectivity index (χ1) is 9.33. The summed E-state index contributed by atoms with van der Waals surface area (Å²) in [6, 6.07) is 17.8. The highest BCUT2D eigenvalue weighted by atomic mass is 19.1. The third-order valence-corrected chi connectivity index (χ3v) is 3.92. The molecule has 1 N–H and O–H groups in total. The largest absolute Gasteiger partial charge is 0.310 e. The molecule has 3 rings (SSSR count). The fourth-order valence-electron chi connectivity index (χ4n) is 2.95. The van der Waals surface area contributed by atoms with Crippen LogP contribution in [-0.2, 0) is 6.42 Å². The minimum Gasteiger partial charge on any atom is -0.310 e. The summed E-state index contributed by atoms with van der Waals surface area (Å²) < 4.78 is 13.0. The van der Waals surface area contributed by atoms with Crippen molar-refractivity contribution >= 4 is 0 Å². The van der Waals surface area contributed by atoms with Crippen LogP contribution in [0.1, 0.15) is 23.6 Å². The Kier molecular flexibility index (Phi) is 3.60. The zero-order valence-corrected chi connectivity index (χ0v) is 10.9. The third-order valence-electron chi connectivity index (χ3n) is 3.92. The Hall–Kier alpha value is -1.67. The van der Waals surface area contributed by atoms with E-state index in [9.17, 15) is 4.39 Å². The molecule has 0 aliphatic carbocycles. The molecule has 1 aliphatic rings. The van der Waals surface area contributed by atoms with E-state index in [1.807, 2.05) is 18.2 Å². The molecule has 1 aliphatic heterocycles. The summed E-state index contributed by atoms with van der Waals surface area (Å²) in [5, 5.41) is 3.54. The van der Waals surface area contributed by atoms with E-state index in [-0.39, 0.29) is 5.82 Å². The maximum absolute atomic E-state index is 13.0. The Morgan fingerprint density at radius 1 is 1.00 bits per heavy atom. The summed E-state index contributed by atoms with van der Waals surface area (Å²) in [7, 11) is 0. The SMILES string of the molecule is Fc1ccc(C2NCCC2Cc2ccccc2)cc1. The number of nitrogens with one attached hydrogen (secondary N) is 1. The monoisotopic (exact) mass is 255 g/mol. The highest BCUT2D eigenvalue weighted by Crippen LogP contribution is 2.32. The average Bonchev–Trinajstić information content (AvgIpc) is 2.89. The van der Waals surface area contributed by atoms with E-state index in [1.165, 1.54) is 17.5 Å². The zero-order chi connectivity index (χ0) is 13.1. The predicted molar refractivity (Wildman–Crippen MR) is 75.4 cm³/mol. The maximum Gasteiger partial charge on any atom is 0.123 e. The van der Waals surface area contributed by atoms with Crippen LogP contribution < -0.4 is 5.32 Å². The summed E-state index contributed by atoms with van der Waals surface area (Å²) in [4.78, 5) is 0. The van der Waals surface area contributed by atoms with Gasteiger partial charge in [-0.3, -0.25) is 0 Å². The molecular formula is C17H18FN.